The number of aryl methyl sites for hydroxylation is 2. The molecule has 0 saturated carbocycles. The molecule has 3 rings (SSSR count). The van der Waals surface area contributed by atoms with Gasteiger partial charge in [0.15, 0.2) is 9.84 Å². The molecule has 1 amide bonds. The zero-order valence-corrected chi connectivity index (χ0v) is 15.1. The topological polar surface area (TPSA) is 81.1 Å². The summed E-state index contributed by atoms with van der Waals surface area (Å²) in [5.74, 6) is 0.404. The van der Waals surface area contributed by atoms with Crippen LogP contribution in [0.15, 0.2) is 47.4 Å². The van der Waals surface area contributed by atoms with Gasteiger partial charge in [-0.3, -0.25) is 4.79 Å². The van der Waals surface area contributed by atoms with Crippen LogP contribution in [0, 0.1) is 6.92 Å². The second-order valence-corrected chi connectivity index (χ2v) is 8.02. The zero-order valence-electron chi connectivity index (χ0n) is 14.3. The summed E-state index contributed by atoms with van der Waals surface area (Å²) in [6.45, 7) is 2.03. The summed E-state index contributed by atoms with van der Waals surface area (Å²) in [6.07, 6.45) is 1.12. The van der Waals surface area contributed by atoms with Crippen LogP contribution in [0.4, 0.5) is 0 Å². The molecule has 0 aliphatic heterocycles. The maximum atomic E-state index is 12.5. The van der Waals surface area contributed by atoms with E-state index >= 15 is 0 Å². The van der Waals surface area contributed by atoms with Crippen LogP contribution in [0.5, 0.6) is 0 Å². The molecule has 0 fully saturated rings. The average Bonchev–Trinajstić information content (AvgIpc) is 2.88. The minimum atomic E-state index is -3.36. The van der Waals surface area contributed by atoms with Crippen molar-refractivity contribution in [2.24, 2.45) is 7.05 Å². The molecule has 0 spiro atoms. The molecule has 0 radical (unpaired) electrons. The molecule has 6 nitrogen and oxygen atoms in total. The number of para-hydroxylation sites is 2. The highest BCUT2D eigenvalue weighted by Gasteiger charge is 2.15. The van der Waals surface area contributed by atoms with E-state index in [4.69, 9.17) is 0 Å². The quantitative estimate of drug-likeness (QED) is 0.776. The van der Waals surface area contributed by atoms with Crippen molar-refractivity contribution in [2.75, 3.05) is 6.26 Å². The number of hydrogen-bond donors (Lipinski definition) is 1. The maximum absolute atomic E-state index is 12.5. The number of rotatable bonds is 4. The first-order valence-electron chi connectivity index (χ1n) is 7.76. The normalized spacial score (nSPS) is 11.6. The third-order valence-corrected chi connectivity index (χ3v) is 5.28. The number of sulfone groups is 1. The number of carbonyl (C=O) groups excluding carboxylic acids is 1. The van der Waals surface area contributed by atoms with Gasteiger partial charge in [0.25, 0.3) is 5.91 Å². The lowest BCUT2D eigenvalue weighted by molar-refractivity contribution is 0.0949. The van der Waals surface area contributed by atoms with Gasteiger partial charge in [-0.2, -0.15) is 0 Å². The number of nitrogens with one attached hydrogen (secondary N) is 1. The van der Waals surface area contributed by atoms with E-state index in [0.717, 1.165) is 28.7 Å². The van der Waals surface area contributed by atoms with Gasteiger partial charge < -0.3 is 9.88 Å². The maximum Gasteiger partial charge on any atom is 0.251 e. The summed E-state index contributed by atoms with van der Waals surface area (Å²) in [4.78, 5) is 17.1. The Morgan fingerprint density at radius 1 is 1.20 bits per heavy atom. The first-order chi connectivity index (χ1) is 11.8. The standard InChI is InChI=1S/C18H19N3O3S/c1-12-8-9-13(25(3,23)24)10-14(12)18(22)19-11-17-20-15-6-4-5-7-16(15)21(17)2/h4-10H,11H2,1-3H3,(H,19,22). The van der Waals surface area contributed by atoms with Gasteiger partial charge in [0.1, 0.15) is 5.82 Å². The minimum Gasteiger partial charge on any atom is -0.345 e. The van der Waals surface area contributed by atoms with Gasteiger partial charge in [0, 0.05) is 18.9 Å². The van der Waals surface area contributed by atoms with E-state index < -0.39 is 9.84 Å². The fourth-order valence-corrected chi connectivity index (χ4v) is 3.33. The predicted molar refractivity (Wildman–Crippen MR) is 96.2 cm³/mol. The van der Waals surface area contributed by atoms with E-state index in [0.29, 0.717) is 5.56 Å². The molecule has 0 aliphatic rings. The Morgan fingerprint density at radius 2 is 1.92 bits per heavy atom. The van der Waals surface area contributed by atoms with Gasteiger partial charge in [-0.1, -0.05) is 18.2 Å². The van der Waals surface area contributed by atoms with Crippen LogP contribution in [0.2, 0.25) is 0 Å². The Balaban J connectivity index is 1.84. The fourth-order valence-electron chi connectivity index (χ4n) is 2.68. The third-order valence-electron chi connectivity index (χ3n) is 4.17. The van der Waals surface area contributed by atoms with Crippen molar-refractivity contribution in [2.45, 2.75) is 18.4 Å². The highest BCUT2D eigenvalue weighted by atomic mass is 32.2. The molecule has 7 heteroatoms. The largest absolute Gasteiger partial charge is 0.345 e. The Kier molecular flexibility index (Phi) is 4.34. The lowest BCUT2D eigenvalue weighted by atomic mass is 10.1. The monoisotopic (exact) mass is 357 g/mol. The fraction of sp³-hybridized carbons (Fsp3) is 0.222. The summed E-state index contributed by atoms with van der Waals surface area (Å²) in [5, 5.41) is 2.82. The average molecular weight is 357 g/mol. The van der Waals surface area contributed by atoms with E-state index in [9.17, 15) is 13.2 Å². The van der Waals surface area contributed by atoms with Crippen molar-refractivity contribution in [3.05, 3.63) is 59.4 Å². The number of hydrogen-bond acceptors (Lipinski definition) is 4. The summed E-state index contributed by atoms with van der Waals surface area (Å²) < 4.78 is 25.3. The van der Waals surface area contributed by atoms with Gasteiger partial charge in [-0.05, 0) is 36.8 Å². The molecule has 0 bridgehead atoms. The second kappa shape index (κ2) is 6.33. The molecule has 2 aromatic carbocycles. The number of aromatic nitrogens is 2. The first kappa shape index (κ1) is 17.2. The third kappa shape index (κ3) is 3.41. The van der Waals surface area contributed by atoms with Crippen molar-refractivity contribution in [3.63, 3.8) is 0 Å². The molecule has 130 valence electrons. The van der Waals surface area contributed by atoms with Crippen LogP contribution in [0.1, 0.15) is 21.7 Å². The predicted octanol–water partition coefficient (Wildman–Crippen LogP) is 2.22. The van der Waals surface area contributed by atoms with Crippen LogP contribution in [-0.4, -0.2) is 30.1 Å². The van der Waals surface area contributed by atoms with E-state index in [1.165, 1.54) is 12.1 Å². The number of amides is 1. The first-order valence-corrected chi connectivity index (χ1v) is 9.66. The van der Waals surface area contributed by atoms with Gasteiger partial charge in [-0.25, -0.2) is 13.4 Å². The van der Waals surface area contributed by atoms with Crippen LogP contribution in [0.3, 0.4) is 0 Å². The highest BCUT2D eigenvalue weighted by molar-refractivity contribution is 7.90. The van der Waals surface area contributed by atoms with E-state index in [-0.39, 0.29) is 17.3 Å². The summed E-state index contributed by atoms with van der Waals surface area (Å²) in [6, 6.07) is 12.3. The van der Waals surface area contributed by atoms with Gasteiger partial charge in [0.2, 0.25) is 0 Å². The zero-order chi connectivity index (χ0) is 18.2. The SMILES string of the molecule is Cc1ccc(S(C)(=O)=O)cc1C(=O)NCc1nc2ccccc2n1C. The van der Waals surface area contributed by atoms with Crippen LogP contribution < -0.4 is 5.32 Å². The Bertz CT molecular complexity index is 1070. The smallest absolute Gasteiger partial charge is 0.251 e. The van der Waals surface area contributed by atoms with Crippen molar-refractivity contribution in [3.8, 4) is 0 Å². The molecular weight excluding hydrogens is 338 g/mol. The Labute approximate surface area is 146 Å². The molecule has 25 heavy (non-hydrogen) atoms. The number of benzene rings is 2. The lowest BCUT2D eigenvalue weighted by Crippen LogP contribution is -2.25. The molecule has 0 aliphatic carbocycles. The van der Waals surface area contributed by atoms with Crippen molar-refractivity contribution >= 4 is 26.8 Å². The number of fused-ring (bicyclic) bond motifs is 1. The van der Waals surface area contributed by atoms with Gasteiger partial charge >= 0.3 is 0 Å². The number of nitrogens with zero attached hydrogens (tertiary/aromatic N) is 2. The molecule has 0 atom stereocenters. The molecule has 1 aromatic heterocycles. The summed E-state index contributed by atoms with van der Waals surface area (Å²) >= 11 is 0. The Morgan fingerprint density at radius 3 is 2.60 bits per heavy atom. The van der Waals surface area contributed by atoms with Crippen molar-refractivity contribution < 1.29 is 13.2 Å². The minimum absolute atomic E-state index is 0.131. The van der Waals surface area contributed by atoms with Gasteiger partial charge in [-0.15, -0.1) is 0 Å². The van der Waals surface area contributed by atoms with E-state index in [2.05, 4.69) is 10.3 Å². The highest BCUT2D eigenvalue weighted by Crippen LogP contribution is 2.17. The molecule has 1 N–H and O–H groups in total. The molecule has 0 unspecified atom stereocenters. The van der Waals surface area contributed by atoms with Crippen molar-refractivity contribution in [1.29, 1.82) is 0 Å². The number of imidazole rings is 1. The molecule has 0 saturated heterocycles. The molecule has 3 aromatic rings. The van der Waals surface area contributed by atoms with Crippen molar-refractivity contribution in [1.82, 2.24) is 14.9 Å². The van der Waals surface area contributed by atoms with Crippen LogP contribution in [0.25, 0.3) is 11.0 Å². The molecular formula is C18H19N3O3S. The van der Waals surface area contributed by atoms with E-state index in [1.807, 2.05) is 35.9 Å². The number of carbonyl (C=O) groups is 1. The second-order valence-electron chi connectivity index (χ2n) is 6.01. The van der Waals surface area contributed by atoms with Crippen LogP contribution in [-0.2, 0) is 23.4 Å². The van der Waals surface area contributed by atoms with Crippen LogP contribution >= 0.6 is 0 Å². The summed E-state index contributed by atoms with van der Waals surface area (Å²) in [7, 11) is -1.47. The summed E-state index contributed by atoms with van der Waals surface area (Å²) in [5.41, 5.74) is 2.92. The van der Waals surface area contributed by atoms with Gasteiger partial charge in [0.05, 0.1) is 22.5 Å². The lowest BCUT2D eigenvalue weighted by Gasteiger charge is -2.09. The van der Waals surface area contributed by atoms with E-state index in [1.54, 1.807) is 13.0 Å². The Hall–Kier alpha value is -2.67. The molecule has 1 heterocycles.